The lowest BCUT2D eigenvalue weighted by Gasteiger charge is -2.17. The molecule has 0 bridgehead atoms. The van der Waals surface area contributed by atoms with Gasteiger partial charge < -0.3 is 15.0 Å². The van der Waals surface area contributed by atoms with Gasteiger partial charge in [-0.2, -0.15) is 0 Å². The lowest BCUT2D eigenvalue weighted by atomic mass is 10.1. The zero-order valence-electron chi connectivity index (χ0n) is 14.1. The summed E-state index contributed by atoms with van der Waals surface area (Å²) in [5.74, 6) is 1.86. The third-order valence-corrected chi connectivity index (χ3v) is 4.03. The number of hydrogen-bond donors (Lipinski definition) is 1. The Kier molecular flexibility index (Phi) is 4.96. The van der Waals surface area contributed by atoms with Crippen LogP contribution in [0.3, 0.4) is 0 Å². The predicted octanol–water partition coefficient (Wildman–Crippen LogP) is 3.57. The maximum Gasteiger partial charge on any atom is 0.139 e. The normalized spacial score (nSPS) is 12.1. The lowest BCUT2D eigenvalue weighted by Crippen LogP contribution is -2.32. The van der Waals surface area contributed by atoms with E-state index in [1.165, 1.54) is 0 Å². The summed E-state index contributed by atoms with van der Waals surface area (Å²) in [4.78, 5) is 4.45. The first-order chi connectivity index (χ1) is 11.6. The number of nitrogens with zero attached hydrogens (tertiary/aromatic N) is 2. The third kappa shape index (κ3) is 3.66. The molecule has 24 heavy (non-hydrogen) atoms. The fourth-order valence-corrected chi connectivity index (χ4v) is 2.83. The van der Waals surface area contributed by atoms with Gasteiger partial charge in [0.15, 0.2) is 0 Å². The van der Waals surface area contributed by atoms with Gasteiger partial charge in [-0.05, 0) is 25.0 Å². The van der Waals surface area contributed by atoms with Crippen LogP contribution in [0.15, 0.2) is 60.9 Å². The molecule has 0 aliphatic rings. The van der Waals surface area contributed by atoms with Crippen molar-refractivity contribution in [3.63, 3.8) is 0 Å². The summed E-state index contributed by atoms with van der Waals surface area (Å²) in [7, 11) is 0. The van der Waals surface area contributed by atoms with Crippen molar-refractivity contribution in [2.24, 2.45) is 5.73 Å². The minimum Gasteiger partial charge on any atom is -0.491 e. The Morgan fingerprint density at radius 3 is 2.46 bits per heavy atom. The van der Waals surface area contributed by atoms with Crippen LogP contribution >= 0.6 is 0 Å². The molecule has 4 heteroatoms. The van der Waals surface area contributed by atoms with E-state index in [1.807, 2.05) is 30.5 Å². The van der Waals surface area contributed by atoms with E-state index in [1.54, 1.807) is 6.20 Å². The molecule has 0 spiro atoms. The summed E-state index contributed by atoms with van der Waals surface area (Å²) >= 11 is 0. The Morgan fingerprint density at radius 2 is 1.75 bits per heavy atom. The van der Waals surface area contributed by atoms with Gasteiger partial charge in [-0.25, -0.2) is 4.98 Å². The average molecular weight is 321 g/mol. The van der Waals surface area contributed by atoms with Crippen molar-refractivity contribution < 1.29 is 4.74 Å². The molecule has 0 amide bonds. The highest BCUT2D eigenvalue weighted by Gasteiger charge is 2.11. The quantitative estimate of drug-likeness (QED) is 0.755. The Balaban J connectivity index is 1.66. The summed E-state index contributed by atoms with van der Waals surface area (Å²) < 4.78 is 8.04. The second-order valence-electron chi connectivity index (χ2n) is 6.06. The maximum absolute atomic E-state index is 6.29. The number of rotatable bonds is 6. The van der Waals surface area contributed by atoms with Crippen LogP contribution in [0, 0.1) is 13.8 Å². The van der Waals surface area contributed by atoms with Crippen LogP contribution in [0.4, 0.5) is 0 Å². The van der Waals surface area contributed by atoms with Crippen molar-refractivity contribution in [2.75, 3.05) is 6.61 Å². The van der Waals surface area contributed by atoms with Crippen LogP contribution in [0.5, 0.6) is 5.75 Å². The summed E-state index contributed by atoms with van der Waals surface area (Å²) in [6.07, 6.45) is 3.77. The number of nitrogens with two attached hydrogens (primary N) is 1. The Labute approximate surface area is 142 Å². The number of ether oxygens (including phenoxy) is 1. The summed E-state index contributed by atoms with van der Waals surface area (Å²) in [6.45, 7) is 5.24. The molecule has 0 radical (unpaired) electrons. The van der Waals surface area contributed by atoms with Crippen LogP contribution in [0.2, 0.25) is 0 Å². The van der Waals surface area contributed by atoms with Gasteiger partial charge in [0.1, 0.15) is 18.2 Å². The molecule has 0 fully saturated rings. The van der Waals surface area contributed by atoms with Crippen molar-refractivity contribution in [1.82, 2.24) is 9.55 Å². The fourth-order valence-electron chi connectivity index (χ4n) is 2.83. The third-order valence-electron chi connectivity index (χ3n) is 4.03. The van der Waals surface area contributed by atoms with E-state index in [-0.39, 0.29) is 6.04 Å². The molecule has 0 aliphatic heterocycles. The first-order valence-corrected chi connectivity index (χ1v) is 8.16. The number of imidazole rings is 1. The first-order valence-electron chi connectivity index (χ1n) is 8.16. The Bertz CT molecular complexity index is 775. The van der Waals surface area contributed by atoms with Gasteiger partial charge in [-0.1, -0.05) is 48.5 Å². The van der Waals surface area contributed by atoms with Crippen molar-refractivity contribution >= 4 is 0 Å². The molecule has 0 saturated carbocycles. The molecule has 0 aliphatic carbocycles. The number of benzene rings is 2. The minimum absolute atomic E-state index is 0.110. The lowest BCUT2D eigenvalue weighted by molar-refractivity contribution is 0.273. The molecule has 4 nitrogen and oxygen atoms in total. The van der Waals surface area contributed by atoms with Gasteiger partial charge in [-0.3, -0.25) is 0 Å². The van der Waals surface area contributed by atoms with Gasteiger partial charge in [-0.15, -0.1) is 0 Å². The van der Waals surface area contributed by atoms with E-state index >= 15 is 0 Å². The van der Waals surface area contributed by atoms with Gasteiger partial charge >= 0.3 is 0 Å². The maximum atomic E-state index is 6.29. The van der Waals surface area contributed by atoms with E-state index < -0.39 is 0 Å². The van der Waals surface area contributed by atoms with Crippen molar-refractivity contribution in [1.29, 1.82) is 0 Å². The average Bonchev–Trinajstić information content (AvgIpc) is 3.03. The van der Waals surface area contributed by atoms with Crippen LogP contribution in [0.1, 0.15) is 11.1 Å². The van der Waals surface area contributed by atoms with Crippen LogP contribution in [-0.2, 0) is 6.54 Å². The Hall–Kier alpha value is -2.59. The van der Waals surface area contributed by atoms with Gasteiger partial charge in [0.2, 0.25) is 0 Å². The van der Waals surface area contributed by atoms with Gasteiger partial charge in [0, 0.05) is 24.5 Å². The molecule has 3 rings (SSSR count). The highest BCUT2D eigenvalue weighted by molar-refractivity contribution is 5.55. The molecular weight excluding hydrogens is 298 g/mol. The fraction of sp³-hybridized carbons (Fsp3) is 0.250. The van der Waals surface area contributed by atoms with E-state index in [2.05, 4.69) is 47.7 Å². The molecule has 1 heterocycles. The molecule has 124 valence electrons. The van der Waals surface area contributed by atoms with Crippen LogP contribution in [-0.4, -0.2) is 22.2 Å². The topological polar surface area (TPSA) is 53.1 Å². The van der Waals surface area contributed by atoms with Crippen molar-refractivity contribution in [3.05, 3.63) is 72.1 Å². The zero-order valence-corrected chi connectivity index (χ0v) is 14.1. The number of hydrogen-bond acceptors (Lipinski definition) is 3. The van der Waals surface area contributed by atoms with E-state index in [9.17, 15) is 0 Å². The first kappa shape index (κ1) is 16.3. The number of para-hydroxylation sites is 1. The van der Waals surface area contributed by atoms with E-state index in [4.69, 9.17) is 10.5 Å². The highest BCUT2D eigenvalue weighted by Crippen LogP contribution is 2.22. The SMILES string of the molecule is Cc1cccc(C)c1OCC(N)Cn1ccnc1-c1ccccc1. The van der Waals surface area contributed by atoms with Gasteiger partial charge in [0.25, 0.3) is 0 Å². The molecular formula is C20H23N3O. The summed E-state index contributed by atoms with van der Waals surface area (Å²) in [5, 5.41) is 0. The second kappa shape index (κ2) is 7.32. The standard InChI is InChI=1S/C20H23N3O/c1-15-7-6-8-16(2)19(15)24-14-18(21)13-23-12-11-22-20(23)17-9-4-3-5-10-17/h3-12,18H,13-14,21H2,1-2H3. The van der Waals surface area contributed by atoms with Crippen molar-refractivity contribution in [2.45, 2.75) is 26.4 Å². The molecule has 0 saturated heterocycles. The second-order valence-corrected chi connectivity index (χ2v) is 6.06. The predicted molar refractivity (Wildman–Crippen MR) is 97.0 cm³/mol. The smallest absolute Gasteiger partial charge is 0.139 e. The molecule has 2 aromatic carbocycles. The van der Waals surface area contributed by atoms with Crippen LogP contribution in [0.25, 0.3) is 11.4 Å². The number of aromatic nitrogens is 2. The molecule has 1 aromatic heterocycles. The van der Waals surface area contributed by atoms with E-state index in [0.717, 1.165) is 28.3 Å². The summed E-state index contributed by atoms with van der Waals surface area (Å²) in [6, 6.07) is 16.2. The number of aryl methyl sites for hydroxylation is 2. The minimum atomic E-state index is -0.110. The molecule has 1 atom stereocenters. The highest BCUT2D eigenvalue weighted by atomic mass is 16.5. The van der Waals surface area contributed by atoms with Crippen LogP contribution < -0.4 is 10.5 Å². The molecule has 2 N–H and O–H groups in total. The molecule has 3 aromatic rings. The zero-order chi connectivity index (χ0) is 16.9. The largest absolute Gasteiger partial charge is 0.491 e. The monoisotopic (exact) mass is 321 g/mol. The van der Waals surface area contributed by atoms with Gasteiger partial charge in [0.05, 0.1) is 6.04 Å². The Morgan fingerprint density at radius 1 is 1.04 bits per heavy atom. The van der Waals surface area contributed by atoms with Crippen molar-refractivity contribution in [3.8, 4) is 17.1 Å². The summed E-state index contributed by atoms with van der Waals surface area (Å²) in [5.41, 5.74) is 9.64. The van der Waals surface area contributed by atoms with E-state index in [0.29, 0.717) is 13.2 Å². The molecule has 1 unspecified atom stereocenters.